The largest absolute Gasteiger partial charge is 0.497 e. The van der Waals surface area contributed by atoms with Crippen LogP contribution in [0.3, 0.4) is 0 Å². The van der Waals surface area contributed by atoms with Crippen LogP contribution in [-0.2, 0) is 10.1 Å². The Bertz CT molecular complexity index is 740. The number of rotatable bonds is 5. The van der Waals surface area contributed by atoms with Gasteiger partial charge in [-0.15, -0.1) is 0 Å². The monoisotopic (exact) mass is 306 g/mol. The third-order valence-corrected chi connectivity index (χ3v) is 3.52. The standard InChI is InChI=1S/C14H14N2O4S/c1-20-13-4-2-3-11(9-13)10-15-16-12-5-7-14(8-6-12)21(17,18)19/h2-10,16H,1H3,(H,17,18,19)/b15-10-. The summed E-state index contributed by atoms with van der Waals surface area (Å²) in [7, 11) is -2.58. The lowest BCUT2D eigenvalue weighted by Gasteiger charge is -2.02. The second-order valence-corrected chi connectivity index (χ2v) is 5.57. The lowest BCUT2D eigenvalue weighted by Crippen LogP contribution is -1.98. The number of benzene rings is 2. The van der Waals surface area contributed by atoms with E-state index in [1.54, 1.807) is 13.3 Å². The Morgan fingerprint density at radius 3 is 2.52 bits per heavy atom. The van der Waals surface area contributed by atoms with Gasteiger partial charge in [0.25, 0.3) is 10.1 Å². The van der Waals surface area contributed by atoms with Crippen LogP contribution in [0.1, 0.15) is 5.56 Å². The molecule has 2 rings (SSSR count). The van der Waals surface area contributed by atoms with Gasteiger partial charge in [0, 0.05) is 0 Å². The molecule has 0 unspecified atom stereocenters. The summed E-state index contributed by atoms with van der Waals surface area (Å²) in [6.07, 6.45) is 1.61. The predicted molar refractivity (Wildman–Crippen MR) is 80.5 cm³/mol. The van der Waals surface area contributed by atoms with Crippen LogP contribution in [0.15, 0.2) is 58.5 Å². The van der Waals surface area contributed by atoms with Crippen molar-refractivity contribution in [1.29, 1.82) is 0 Å². The van der Waals surface area contributed by atoms with Gasteiger partial charge in [0.2, 0.25) is 0 Å². The first kappa shape index (κ1) is 15.0. The molecule has 0 fully saturated rings. The fourth-order valence-electron chi connectivity index (χ4n) is 1.60. The Morgan fingerprint density at radius 2 is 1.90 bits per heavy atom. The van der Waals surface area contributed by atoms with Gasteiger partial charge in [0.15, 0.2) is 0 Å². The van der Waals surface area contributed by atoms with Crippen molar-refractivity contribution in [1.82, 2.24) is 0 Å². The SMILES string of the molecule is COc1cccc(/C=N\Nc2ccc(S(=O)(=O)O)cc2)c1. The van der Waals surface area contributed by atoms with Gasteiger partial charge in [0.1, 0.15) is 5.75 Å². The zero-order valence-electron chi connectivity index (χ0n) is 11.2. The van der Waals surface area contributed by atoms with Crippen molar-refractivity contribution in [2.75, 3.05) is 12.5 Å². The summed E-state index contributed by atoms with van der Waals surface area (Å²) >= 11 is 0. The fraction of sp³-hybridized carbons (Fsp3) is 0.0714. The van der Waals surface area contributed by atoms with Crippen molar-refractivity contribution in [3.8, 4) is 5.75 Å². The van der Waals surface area contributed by atoms with E-state index < -0.39 is 10.1 Å². The van der Waals surface area contributed by atoms with Crippen molar-refractivity contribution in [2.24, 2.45) is 5.10 Å². The lowest BCUT2D eigenvalue weighted by atomic mass is 10.2. The van der Waals surface area contributed by atoms with Crippen molar-refractivity contribution < 1.29 is 17.7 Å². The van der Waals surface area contributed by atoms with Gasteiger partial charge in [-0.05, 0) is 42.0 Å². The number of nitrogens with one attached hydrogen (secondary N) is 1. The molecule has 6 nitrogen and oxygen atoms in total. The summed E-state index contributed by atoms with van der Waals surface area (Å²) < 4.78 is 35.8. The van der Waals surface area contributed by atoms with E-state index in [1.165, 1.54) is 24.3 Å². The van der Waals surface area contributed by atoms with Crippen molar-refractivity contribution >= 4 is 22.0 Å². The summed E-state index contributed by atoms with van der Waals surface area (Å²) in [5.74, 6) is 0.733. The van der Waals surface area contributed by atoms with E-state index in [1.807, 2.05) is 24.3 Å². The molecule has 2 aromatic rings. The van der Waals surface area contributed by atoms with Gasteiger partial charge in [-0.2, -0.15) is 13.5 Å². The summed E-state index contributed by atoms with van der Waals surface area (Å²) in [4.78, 5) is -0.162. The number of hydrazone groups is 1. The van der Waals surface area contributed by atoms with Crippen LogP contribution in [-0.4, -0.2) is 26.3 Å². The minimum Gasteiger partial charge on any atom is -0.497 e. The Kier molecular flexibility index (Phi) is 4.56. The van der Waals surface area contributed by atoms with Crippen LogP contribution in [0.5, 0.6) is 5.75 Å². The number of hydrogen-bond acceptors (Lipinski definition) is 5. The smallest absolute Gasteiger partial charge is 0.294 e. The topological polar surface area (TPSA) is 88.0 Å². The summed E-state index contributed by atoms with van der Waals surface area (Å²) in [5.41, 5.74) is 4.22. The third-order valence-electron chi connectivity index (χ3n) is 2.65. The highest BCUT2D eigenvalue weighted by atomic mass is 32.2. The molecular weight excluding hydrogens is 292 g/mol. The number of ether oxygens (including phenoxy) is 1. The molecule has 0 spiro atoms. The maximum atomic E-state index is 10.9. The first-order chi connectivity index (χ1) is 9.99. The molecule has 0 amide bonds. The second kappa shape index (κ2) is 6.38. The molecule has 0 heterocycles. The van der Waals surface area contributed by atoms with E-state index in [2.05, 4.69) is 10.5 Å². The highest BCUT2D eigenvalue weighted by Gasteiger charge is 2.07. The highest BCUT2D eigenvalue weighted by Crippen LogP contribution is 2.14. The molecule has 0 aliphatic heterocycles. The van der Waals surface area contributed by atoms with Crippen LogP contribution in [0.2, 0.25) is 0 Å². The van der Waals surface area contributed by atoms with Gasteiger partial charge in [-0.25, -0.2) is 0 Å². The third kappa shape index (κ3) is 4.30. The van der Waals surface area contributed by atoms with E-state index in [4.69, 9.17) is 9.29 Å². The number of hydrogen-bond donors (Lipinski definition) is 2. The Hall–Kier alpha value is -2.38. The van der Waals surface area contributed by atoms with Gasteiger partial charge in [0.05, 0.1) is 23.9 Å². The minimum atomic E-state index is -4.17. The molecule has 0 aromatic heterocycles. The van der Waals surface area contributed by atoms with Gasteiger partial charge in [-0.3, -0.25) is 9.98 Å². The molecule has 0 radical (unpaired) electrons. The quantitative estimate of drug-likeness (QED) is 0.503. The molecule has 2 N–H and O–H groups in total. The molecule has 7 heteroatoms. The lowest BCUT2D eigenvalue weighted by molar-refractivity contribution is 0.415. The van der Waals surface area contributed by atoms with Gasteiger partial charge in [-0.1, -0.05) is 12.1 Å². The number of nitrogens with zero attached hydrogens (tertiary/aromatic N) is 1. The average molecular weight is 306 g/mol. The summed E-state index contributed by atoms with van der Waals surface area (Å²) in [6, 6.07) is 13.0. The van der Waals surface area contributed by atoms with E-state index in [-0.39, 0.29) is 4.90 Å². The van der Waals surface area contributed by atoms with E-state index in [9.17, 15) is 8.42 Å². The van der Waals surface area contributed by atoms with Crippen molar-refractivity contribution in [3.63, 3.8) is 0 Å². The molecule has 0 aliphatic rings. The van der Waals surface area contributed by atoms with Gasteiger partial charge < -0.3 is 4.74 Å². The maximum Gasteiger partial charge on any atom is 0.294 e. The normalized spacial score (nSPS) is 11.5. The Balaban J connectivity index is 2.04. The minimum absolute atomic E-state index is 0.162. The molecule has 0 saturated carbocycles. The summed E-state index contributed by atoms with van der Waals surface area (Å²) in [6.45, 7) is 0. The molecule has 0 atom stereocenters. The molecule has 0 saturated heterocycles. The molecule has 2 aromatic carbocycles. The number of methoxy groups -OCH3 is 1. The van der Waals surface area contributed by atoms with E-state index in [0.717, 1.165) is 11.3 Å². The molecule has 0 bridgehead atoms. The number of anilines is 1. The van der Waals surface area contributed by atoms with E-state index in [0.29, 0.717) is 5.69 Å². The van der Waals surface area contributed by atoms with Crippen LogP contribution in [0.4, 0.5) is 5.69 Å². The van der Waals surface area contributed by atoms with Crippen LogP contribution >= 0.6 is 0 Å². The second-order valence-electron chi connectivity index (χ2n) is 4.15. The van der Waals surface area contributed by atoms with Crippen LogP contribution < -0.4 is 10.2 Å². The first-order valence-electron chi connectivity index (χ1n) is 6.00. The fourth-order valence-corrected chi connectivity index (χ4v) is 2.08. The average Bonchev–Trinajstić information content (AvgIpc) is 2.47. The maximum absolute atomic E-state index is 10.9. The van der Waals surface area contributed by atoms with Crippen molar-refractivity contribution in [3.05, 3.63) is 54.1 Å². The highest BCUT2D eigenvalue weighted by molar-refractivity contribution is 7.85. The van der Waals surface area contributed by atoms with Crippen molar-refractivity contribution in [2.45, 2.75) is 4.90 Å². The molecular formula is C14H14N2O4S. The predicted octanol–water partition coefficient (Wildman–Crippen LogP) is 2.39. The Labute approximate surface area is 122 Å². The van der Waals surface area contributed by atoms with E-state index >= 15 is 0 Å². The molecule has 21 heavy (non-hydrogen) atoms. The molecule has 110 valence electrons. The summed E-state index contributed by atoms with van der Waals surface area (Å²) in [5, 5.41) is 4.04. The first-order valence-corrected chi connectivity index (χ1v) is 7.44. The van der Waals surface area contributed by atoms with Gasteiger partial charge >= 0.3 is 0 Å². The zero-order chi connectivity index (χ0) is 15.3. The van der Waals surface area contributed by atoms with Crippen LogP contribution in [0.25, 0.3) is 0 Å². The Morgan fingerprint density at radius 1 is 1.19 bits per heavy atom. The van der Waals surface area contributed by atoms with Crippen LogP contribution in [0, 0.1) is 0 Å². The molecule has 0 aliphatic carbocycles. The zero-order valence-corrected chi connectivity index (χ0v) is 12.0.